The van der Waals surface area contributed by atoms with E-state index in [9.17, 15) is 4.39 Å². The summed E-state index contributed by atoms with van der Waals surface area (Å²) >= 11 is 5.73. The van der Waals surface area contributed by atoms with E-state index in [1.165, 1.54) is 12.8 Å². The van der Waals surface area contributed by atoms with Gasteiger partial charge in [-0.3, -0.25) is 0 Å². The maximum Gasteiger partial charge on any atom is 0.145 e. The molecule has 0 radical (unpaired) electrons. The molecule has 96 valence electrons. The molecular weight excluding hydrogens is 262 g/mol. The van der Waals surface area contributed by atoms with Crippen LogP contribution in [0.2, 0.25) is 5.02 Å². The third-order valence-electron chi connectivity index (χ3n) is 2.83. The second kappa shape index (κ2) is 6.55. The summed E-state index contributed by atoms with van der Waals surface area (Å²) in [5.41, 5.74) is 6.30. The van der Waals surface area contributed by atoms with E-state index in [4.69, 9.17) is 17.3 Å². The van der Waals surface area contributed by atoms with Crippen molar-refractivity contribution in [3.8, 4) is 0 Å². The van der Waals surface area contributed by atoms with Crippen molar-refractivity contribution < 1.29 is 4.39 Å². The van der Waals surface area contributed by atoms with Crippen LogP contribution < -0.4 is 11.1 Å². The highest BCUT2D eigenvalue weighted by Gasteiger charge is 2.24. The van der Waals surface area contributed by atoms with Crippen LogP contribution in [0.25, 0.3) is 0 Å². The number of nitrogens with two attached hydrogens (primary N) is 1. The third-order valence-corrected chi connectivity index (χ3v) is 3.12. The molecule has 0 spiro atoms. The highest BCUT2D eigenvalue weighted by atomic mass is 35.5. The van der Waals surface area contributed by atoms with E-state index >= 15 is 0 Å². The van der Waals surface area contributed by atoms with Crippen LogP contribution in [0.15, 0.2) is 18.2 Å². The van der Waals surface area contributed by atoms with Gasteiger partial charge in [0.05, 0.1) is 5.02 Å². The molecule has 0 saturated heterocycles. The first-order chi connectivity index (χ1) is 7.70. The summed E-state index contributed by atoms with van der Waals surface area (Å²) in [5, 5.41) is 3.58. The molecule has 1 aliphatic rings. The van der Waals surface area contributed by atoms with Crippen LogP contribution in [0.4, 0.5) is 4.39 Å². The van der Waals surface area contributed by atoms with Crippen molar-refractivity contribution in [2.45, 2.75) is 31.3 Å². The molecule has 0 amide bonds. The minimum absolute atomic E-state index is 0. The minimum atomic E-state index is -0.319. The minimum Gasteiger partial charge on any atom is -0.329 e. The van der Waals surface area contributed by atoms with Gasteiger partial charge in [-0.25, -0.2) is 4.39 Å². The Bertz CT molecular complexity index is 370. The molecule has 2 nitrogen and oxygen atoms in total. The Morgan fingerprint density at radius 1 is 1.47 bits per heavy atom. The van der Waals surface area contributed by atoms with Crippen LogP contribution in [-0.2, 0) is 6.42 Å². The summed E-state index contributed by atoms with van der Waals surface area (Å²) in [6.45, 7) is 0.516. The van der Waals surface area contributed by atoms with Gasteiger partial charge in [0, 0.05) is 18.6 Å². The molecule has 1 atom stereocenters. The number of halogens is 3. The molecule has 17 heavy (non-hydrogen) atoms. The zero-order chi connectivity index (χ0) is 11.5. The predicted octanol–water partition coefficient (Wildman–Crippen LogP) is 2.52. The van der Waals surface area contributed by atoms with Gasteiger partial charge in [0.15, 0.2) is 0 Å². The molecule has 1 fully saturated rings. The molecule has 3 N–H and O–H groups in total. The first-order valence-corrected chi connectivity index (χ1v) is 5.97. The summed E-state index contributed by atoms with van der Waals surface area (Å²) in [6, 6.07) is 5.81. The van der Waals surface area contributed by atoms with E-state index in [1.54, 1.807) is 18.2 Å². The molecule has 1 aromatic rings. The SMILES string of the molecule is Cl.NCC(Cc1cccc(Cl)c1F)NC1CC1. The van der Waals surface area contributed by atoms with Crippen molar-refractivity contribution >= 4 is 24.0 Å². The largest absolute Gasteiger partial charge is 0.329 e. The summed E-state index contributed by atoms with van der Waals surface area (Å²) in [6.07, 6.45) is 3.00. The molecule has 0 aliphatic heterocycles. The summed E-state index contributed by atoms with van der Waals surface area (Å²) < 4.78 is 13.7. The Hall–Kier alpha value is -0.350. The predicted molar refractivity (Wildman–Crippen MR) is 71.4 cm³/mol. The Kier molecular flexibility index (Phi) is 5.67. The summed E-state index contributed by atoms with van der Waals surface area (Å²) in [5.74, 6) is -0.319. The van der Waals surface area contributed by atoms with E-state index < -0.39 is 0 Å². The highest BCUT2D eigenvalue weighted by molar-refractivity contribution is 6.30. The Labute approximate surface area is 112 Å². The lowest BCUT2D eigenvalue weighted by atomic mass is 10.1. The standard InChI is InChI=1S/C12H16ClFN2.ClH/c13-11-3-1-2-8(12(11)14)6-10(7-15)16-9-4-5-9;/h1-3,9-10,16H,4-7,15H2;1H. The van der Waals surface area contributed by atoms with Crippen molar-refractivity contribution in [3.63, 3.8) is 0 Å². The lowest BCUT2D eigenvalue weighted by Crippen LogP contribution is -2.39. The first kappa shape index (κ1) is 14.7. The average molecular weight is 279 g/mol. The third kappa shape index (κ3) is 4.11. The van der Waals surface area contributed by atoms with Gasteiger partial charge in [-0.1, -0.05) is 23.7 Å². The van der Waals surface area contributed by atoms with Gasteiger partial charge >= 0.3 is 0 Å². The van der Waals surface area contributed by atoms with Crippen molar-refractivity contribution in [2.75, 3.05) is 6.54 Å². The second-order valence-electron chi connectivity index (χ2n) is 4.29. The smallest absolute Gasteiger partial charge is 0.145 e. The number of nitrogens with one attached hydrogen (secondary N) is 1. The van der Waals surface area contributed by atoms with Crippen LogP contribution in [0.1, 0.15) is 18.4 Å². The average Bonchev–Trinajstić information content (AvgIpc) is 3.07. The summed E-state index contributed by atoms with van der Waals surface area (Å²) in [7, 11) is 0. The second-order valence-corrected chi connectivity index (χ2v) is 4.70. The maximum atomic E-state index is 13.7. The van der Waals surface area contributed by atoms with E-state index in [0.717, 1.165) is 0 Å². The molecule has 2 rings (SSSR count). The highest BCUT2D eigenvalue weighted by Crippen LogP contribution is 2.22. The lowest BCUT2D eigenvalue weighted by molar-refractivity contribution is 0.499. The molecule has 0 aromatic heterocycles. The zero-order valence-electron chi connectivity index (χ0n) is 9.46. The molecule has 0 bridgehead atoms. The zero-order valence-corrected chi connectivity index (χ0v) is 11.0. The van der Waals surface area contributed by atoms with Gasteiger partial charge in [0.1, 0.15) is 5.82 Å². The van der Waals surface area contributed by atoms with E-state index in [-0.39, 0.29) is 29.3 Å². The van der Waals surface area contributed by atoms with E-state index in [2.05, 4.69) is 5.32 Å². The monoisotopic (exact) mass is 278 g/mol. The molecule has 1 saturated carbocycles. The van der Waals surface area contributed by atoms with Crippen LogP contribution in [-0.4, -0.2) is 18.6 Å². The van der Waals surface area contributed by atoms with Gasteiger partial charge in [0.25, 0.3) is 0 Å². The molecule has 1 aromatic carbocycles. The number of rotatable bonds is 5. The molecular formula is C12H17Cl2FN2. The van der Waals surface area contributed by atoms with Gasteiger partial charge in [-0.15, -0.1) is 12.4 Å². The fraction of sp³-hybridized carbons (Fsp3) is 0.500. The lowest BCUT2D eigenvalue weighted by Gasteiger charge is -2.17. The molecule has 1 aliphatic carbocycles. The van der Waals surface area contributed by atoms with Crippen molar-refractivity contribution in [1.82, 2.24) is 5.32 Å². The van der Waals surface area contributed by atoms with Gasteiger partial charge in [-0.2, -0.15) is 0 Å². The number of hydrogen-bond acceptors (Lipinski definition) is 2. The van der Waals surface area contributed by atoms with Gasteiger partial charge in [-0.05, 0) is 30.9 Å². The Morgan fingerprint density at radius 3 is 2.76 bits per heavy atom. The van der Waals surface area contributed by atoms with Crippen LogP contribution >= 0.6 is 24.0 Å². The number of hydrogen-bond donors (Lipinski definition) is 2. The van der Waals surface area contributed by atoms with Crippen molar-refractivity contribution in [1.29, 1.82) is 0 Å². The van der Waals surface area contributed by atoms with Crippen molar-refractivity contribution in [2.24, 2.45) is 5.73 Å². The Morgan fingerprint density at radius 2 is 2.18 bits per heavy atom. The maximum absolute atomic E-state index is 13.7. The van der Waals surface area contributed by atoms with E-state index in [0.29, 0.717) is 24.6 Å². The molecule has 1 unspecified atom stereocenters. The van der Waals surface area contributed by atoms with Crippen molar-refractivity contribution in [3.05, 3.63) is 34.6 Å². The van der Waals surface area contributed by atoms with Crippen LogP contribution in [0, 0.1) is 5.82 Å². The summed E-state index contributed by atoms with van der Waals surface area (Å²) in [4.78, 5) is 0. The number of benzene rings is 1. The van der Waals surface area contributed by atoms with Gasteiger partial charge < -0.3 is 11.1 Å². The molecule has 5 heteroatoms. The fourth-order valence-corrected chi connectivity index (χ4v) is 1.96. The van der Waals surface area contributed by atoms with Crippen LogP contribution in [0.3, 0.4) is 0 Å². The fourth-order valence-electron chi connectivity index (χ4n) is 1.77. The topological polar surface area (TPSA) is 38.0 Å². The van der Waals surface area contributed by atoms with Gasteiger partial charge in [0.2, 0.25) is 0 Å². The Balaban J connectivity index is 0.00000144. The van der Waals surface area contributed by atoms with Crippen LogP contribution in [0.5, 0.6) is 0 Å². The normalized spacial score (nSPS) is 16.4. The quantitative estimate of drug-likeness (QED) is 0.869. The first-order valence-electron chi connectivity index (χ1n) is 5.59. The molecule has 0 heterocycles. The van der Waals surface area contributed by atoms with E-state index in [1.807, 2.05) is 0 Å².